The molecule has 3 nitrogen and oxygen atoms in total. The summed E-state index contributed by atoms with van der Waals surface area (Å²) >= 11 is 1.41. The van der Waals surface area contributed by atoms with Crippen LogP contribution in [0.4, 0.5) is 0 Å². The minimum Gasteiger partial charge on any atom is -0.266 e. The zero-order chi connectivity index (χ0) is 14.7. The maximum Gasteiger partial charge on any atom is 0.281 e. The third kappa shape index (κ3) is 3.14. The summed E-state index contributed by atoms with van der Waals surface area (Å²) in [6.07, 6.45) is 0. The maximum atomic E-state index is 11.9. The van der Waals surface area contributed by atoms with E-state index in [-0.39, 0.29) is 5.91 Å². The molecular formula is C16H18N2OS. The molecule has 0 aliphatic carbocycles. The van der Waals surface area contributed by atoms with Crippen molar-refractivity contribution in [3.05, 3.63) is 56.8 Å². The Kier molecular flexibility index (Phi) is 4.35. The first-order valence-corrected chi connectivity index (χ1v) is 7.33. The van der Waals surface area contributed by atoms with E-state index in [2.05, 4.69) is 43.4 Å². The van der Waals surface area contributed by atoms with Crippen LogP contribution in [-0.2, 0) is 0 Å². The van der Waals surface area contributed by atoms with Crippen molar-refractivity contribution in [2.24, 2.45) is 5.10 Å². The topological polar surface area (TPSA) is 41.5 Å². The van der Waals surface area contributed by atoms with Crippen LogP contribution in [-0.4, -0.2) is 11.6 Å². The third-order valence-corrected chi connectivity index (χ3v) is 3.98. The predicted octanol–water partition coefficient (Wildman–Crippen LogP) is 3.83. The van der Waals surface area contributed by atoms with Gasteiger partial charge in [-0.15, -0.1) is 11.3 Å². The van der Waals surface area contributed by atoms with E-state index in [4.69, 9.17) is 0 Å². The summed E-state index contributed by atoms with van der Waals surface area (Å²) in [6, 6.07) is 7.89. The normalized spacial score (nSPS) is 11.5. The van der Waals surface area contributed by atoms with Crippen molar-refractivity contribution in [1.29, 1.82) is 0 Å². The number of hydrogen-bond acceptors (Lipinski definition) is 3. The number of amides is 1. The monoisotopic (exact) mass is 286 g/mol. The minimum absolute atomic E-state index is 0.165. The van der Waals surface area contributed by atoms with Crippen LogP contribution in [0.5, 0.6) is 0 Å². The highest BCUT2D eigenvalue weighted by Crippen LogP contribution is 2.17. The molecule has 2 aromatic rings. The van der Waals surface area contributed by atoms with E-state index < -0.39 is 0 Å². The largest absolute Gasteiger partial charge is 0.281 e. The Morgan fingerprint density at radius 2 is 1.85 bits per heavy atom. The molecule has 0 fully saturated rings. The van der Waals surface area contributed by atoms with E-state index in [0.29, 0.717) is 4.88 Å². The minimum atomic E-state index is -0.165. The van der Waals surface area contributed by atoms with E-state index >= 15 is 0 Å². The van der Waals surface area contributed by atoms with Crippen molar-refractivity contribution in [2.45, 2.75) is 27.7 Å². The predicted molar refractivity (Wildman–Crippen MR) is 84.6 cm³/mol. The molecule has 0 aliphatic heterocycles. The Balaban J connectivity index is 2.21. The van der Waals surface area contributed by atoms with Gasteiger partial charge in [0.2, 0.25) is 0 Å². The van der Waals surface area contributed by atoms with Gasteiger partial charge in [0.15, 0.2) is 0 Å². The molecule has 1 aromatic carbocycles. The van der Waals surface area contributed by atoms with Gasteiger partial charge in [-0.05, 0) is 50.3 Å². The molecule has 0 bridgehead atoms. The number of benzene rings is 1. The molecule has 1 N–H and O–H groups in total. The van der Waals surface area contributed by atoms with Crippen LogP contribution < -0.4 is 5.43 Å². The first-order chi connectivity index (χ1) is 9.49. The summed E-state index contributed by atoms with van der Waals surface area (Å²) in [5, 5.41) is 6.10. The highest BCUT2D eigenvalue weighted by molar-refractivity contribution is 7.12. The molecule has 0 atom stereocenters. The number of nitrogens with zero attached hydrogens (tertiary/aromatic N) is 1. The third-order valence-electron chi connectivity index (χ3n) is 3.11. The smallest absolute Gasteiger partial charge is 0.266 e. The summed E-state index contributed by atoms with van der Waals surface area (Å²) in [7, 11) is 0. The van der Waals surface area contributed by atoms with E-state index in [1.807, 2.05) is 18.4 Å². The highest BCUT2D eigenvalue weighted by atomic mass is 32.1. The van der Waals surface area contributed by atoms with Gasteiger partial charge in [-0.1, -0.05) is 23.8 Å². The van der Waals surface area contributed by atoms with Crippen LogP contribution in [0.1, 0.15) is 38.8 Å². The fourth-order valence-corrected chi connectivity index (χ4v) is 3.02. The molecule has 0 spiro atoms. The van der Waals surface area contributed by atoms with Gasteiger partial charge < -0.3 is 0 Å². The molecule has 4 heteroatoms. The fraction of sp³-hybridized carbons (Fsp3) is 0.250. The number of hydrazone groups is 1. The van der Waals surface area contributed by atoms with E-state index in [1.165, 1.54) is 28.0 Å². The number of carbonyl (C=O) groups is 1. The Morgan fingerprint density at radius 1 is 1.20 bits per heavy atom. The molecule has 1 aromatic heterocycles. The van der Waals surface area contributed by atoms with Gasteiger partial charge in [0.25, 0.3) is 5.91 Å². The number of nitrogens with one attached hydrogen (secondary N) is 1. The van der Waals surface area contributed by atoms with Gasteiger partial charge in [-0.2, -0.15) is 5.10 Å². The summed E-state index contributed by atoms with van der Waals surface area (Å²) in [4.78, 5) is 12.5. The van der Waals surface area contributed by atoms with Crippen molar-refractivity contribution in [3.8, 4) is 0 Å². The SMILES string of the molecule is C/C(=N/NC(=O)c1cccs1)c1c(C)cc(C)cc1C. The molecule has 1 heterocycles. The summed E-state index contributed by atoms with van der Waals surface area (Å²) in [5.74, 6) is -0.165. The van der Waals surface area contributed by atoms with Crippen LogP contribution in [0.15, 0.2) is 34.7 Å². The van der Waals surface area contributed by atoms with E-state index in [0.717, 1.165) is 11.3 Å². The lowest BCUT2D eigenvalue weighted by molar-refractivity contribution is 0.0959. The molecule has 0 aliphatic rings. The van der Waals surface area contributed by atoms with Crippen LogP contribution in [0.3, 0.4) is 0 Å². The van der Waals surface area contributed by atoms with Crippen molar-refractivity contribution in [3.63, 3.8) is 0 Å². The first-order valence-electron chi connectivity index (χ1n) is 6.45. The molecule has 0 saturated carbocycles. The molecular weight excluding hydrogens is 268 g/mol. The Bertz CT molecular complexity index is 634. The average molecular weight is 286 g/mol. The molecule has 2 rings (SSSR count). The number of carbonyl (C=O) groups excluding carboxylic acids is 1. The highest BCUT2D eigenvalue weighted by Gasteiger charge is 2.09. The van der Waals surface area contributed by atoms with Crippen molar-refractivity contribution in [2.75, 3.05) is 0 Å². The van der Waals surface area contributed by atoms with Gasteiger partial charge in [-0.3, -0.25) is 4.79 Å². The fourth-order valence-electron chi connectivity index (χ4n) is 2.40. The van der Waals surface area contributed by atoms with Gasteiger partial charge in [0.1, 0.15) is 0 Å². The van der Waals surface area contributed by atoms with Gasteiger partial charge in [0.05, 0.1) is 10.6 Å². The molecule has 104 valence electrons. The zero-order valence-corrected chi connectivity index (χ0v) is 13.0. The van der Waals surface area contributed by atoms with E-state index in [9.17, 15) is 4.79 Å². The molecule has 0 saturated heterocycles. The Hall–Kier alpha value is -1.94. The molecule has 1 amide bonds. The second-order valence-corrected chi connectivity index (χ2v) is 5.84. The molecule has 0 radical (unpaired) electrons. The van der Waals surface area contributed by atoms with Crippen LogP contribution in [0, 0.1) is 20.8 Å². The number of aryl methyl sites for hydroxylation is 3. The Labute approximate surface area is 123 Å². The Morgan fingerprint density at radius 3 is 2.40 bits per heavy atom. The lowest BCUT2D eigenvalue weighted by Gasteiger charge is -2.11. The zero-order valence-electron chi connectivity index (χ0n) is 12.2. The second-order valence-electron chi connectivity index (χ2n) is 4.89. The van der Waals surface area contributed by atoms with Gasteiger partial charge in [0, 0.05) is 5.56 Å². The molecule has 20 heavy (non-hydrogen) atoms. The summed E-state index contributed by atoms with van der Waals surface area (Å²) in [6.45, 7) is 8.12. The number of thiophene rings is 1. The first kappa shape index (κ1) is 14.5. The van der Waals surface area contributed by atoms with Crippen LogP contribution in [0.2, 0.25) is 0 Å². The standard InChI is InChI=1S/C16H18N2OS/c1-10-8-11(2)15(12(3)9-10)13(4)17-18-16(19)14-6-5-7-20-14/h5-9H,1-4H3,(H,18,19)/b17-13-. The summed E-state index contributed by atoms with van der Waals surface area (Å²) < 4.78 is 0. The van der Waals surface area contributed by atoms with Crippen molar-refractivity contribution >= 4 is 23.0 Å². The van der Waals surface area contributed by atoms with Gasteiger partial charge in [-0.25, -0.2) is 5.43 Å². The maximum absolute atomic E-state index is 11.9. The lowest BCUT2D eigenvalue weighted by Crippen LogP contribution is -2.18. The average Bonchev–Trinajstić information content (AvgIpc) is 2.88. The number of hydrogen-bond donors (Lipinski definition) is 1. The second kappa shape index (κ2) is 6.01. The van der Waals surface area contributed by atoms with Crippen molar-refractivity contribution in [1.82, 2.24) is 5.43 Å². The van der Waals surface area contributed by atoms with Crippen molar-refractivity contribution < 1.29 is 4.79 Å². The summed E-state index contributed by atoms with van der Waals surface area (Å²) in [5.41, 5.74) is 8.12. The number of rotatable bonds is 3. The molecule has 0 unspecified atom stereocenters. The lowest BCUT2D eigenvalue weighted by atomic mass is 9.97. The van der Waals surface area contributed by atoms with Crippen LogP contribution in [0.25, 0.3) is 0 Å². The van der Waals surface area contributed by atoms with Crippen LogP contribution >= 0.6 is 11.3 Å². The quantitative estimate of drug-likeness (QED) is 0.676. The van der Waals surface area contributed by atoms with E-state index in [1.54, 1.807) is 6.07 Å². The van der Waals surface area contributed by atoms with Gasteiger partial charge >= 0.3 is 0 Å².